The van der Waals surface area contributed by atoms with Crippen molar-refractivity contribution in [3.05, 3.63) is 36.0 Å². The second-order valence-electron chi connectivity index (χ2n) is 9.01. The third kappa shape index (κ3) is 2.96. The number of fused-ring (bicyclic) bond motifs is 1. The van der Waals surface area contributed by atoms with Crippen molar-refractivity contribution in [1.29, 1.82) is 0 Å². The zero-order valence-electron chi connectivity index (χ0n) is 17.3. The normalized spacial score (nSPS) is 18.4. The smallest absolute Gasteiger partial charge is 0.169 e. The minimum atomic E-state index is -1.75. The minimum absolute atomic E-state index is 0.668. The van der Waals surface area contributed by atoms with Crippen LogP contribution in [0.2, 0.25) is 16.6 Å². The van der Waals surface area contributed by atoms with E-state index in [4.69, 9.17) is 0 Å². The van der Waals surface area contributed by atoms with Crippen LogP contribution in [-0.2, 0) is 5.60 Å². The zero-order valence-corrected chi connectivity index (χ0v) is 18.3. The second-order valence-corrected chi connectivity index (χ2v) is 14.7. The highest BCUT2D eigenvalue weighted by Crippen LogP contribution is 2.44. The molecule has 0 bridgehead atoms. The first-order valence-corrected chi connectivity index (χ1v) is 12.4. The van der Waals surface area contributed by atoms with Gasteiger partial charge in [0.2, 0.25) is 0 Å². The van der Waals surface area contributed by atoms with Gasteiger partial charge in [-0.25, -0.2) is 5.32 Å². The zero-order chi connectivity index (χ0) is 19.1. The molecule has 2 aromatic rings. The molecule has 1 aliphatic heterocycles. The SMILES string of the molecule is CC(C)[Si](C(C)C)(C(C)C)n1ccc2cc(C3(O)CC[N]CC3)ccc21. The van der Waals surface area contributed by atoms with Gasteiger partial charge in [0.1, 0.15) is 0 Å². The van der Waals surface area contributed by atoms with Crippen LogP contribution < -0.4 is 5.32 Å². The number of aliphatic hydroxyl groups is 1. The quantitative estimate of drug-likeness (QED) is 0.716. The average Bonchev–Trinajstić information content (AvgIpc) is 2.99. The summed E-state index contributed by atoms with van der Waals surface area (Å²) in [6.07, 6.45) is 3.80. The number of piperidine rings is 1. The highest BCUT2D eigenvalue weighted by Gasteiger charge is 2.45. The van der Waals surface area contributed by atoms with E-state index in [2.05, 4.69) is 81.6 Å². The summed E-state index contributed by atoms with van der Waals surface area (Å²) in [5.41, 5.74) is 3.69. The third-order valence-corrected chi connectivity index (χ3v) is 13.6. The molecule has 1 N–H and O–H groups in total. The van der Waals surface area contributed by atoms with E-state index in [1.165, 1.54) is 10.9 Å². The molecule has 1 fully saturated rings. The summed E-state index contributed by atoms with van der Waals surface area (Å²) < 4.78 is 2.65. The molecule has 0 unspecified atom stereocenters. The Bertz CT molecular complexity index is 735. The van der Waals surface area contributed by atoms with Crippen molar-refractivity contribution in [2.75, 3.05) is 13.1 Å². The summed E-state index contributed by atoms with van der Waals surface area (Å²) in [5, 5.41) is 16.7. The number of benzene rings is 1. The topological polar surface area (TPSA) is 39.3 Å². The molecule has 143 valence electrons. The molecule has 1 aliphatic rings. The molecule has 2 heterocycles. The van der Waals surface area contributed by atoms with Gasteiger partial charge in [-0.3, -0.25) is 0 Å². The Morgan fingerprint density at radius 1 is 0.962 bits per heavy atom. The van der Waals surface area contributed by atoms with Crippen LogP contribution in [0.1, 0.15) is 59.9 Å². The first kappa shape index (κ1) is 19.7. The van der Waals surface area contributed by atoms with Crippen LogP contribution in [0.5, 0.6) is 0 Å². The van der Waals surface area contributed by atoms with Gasteiger partial charge < -0.3 is 9.34 Å². The first-order valence-electron chi connectivity index (χ1n) is 10.2. The van der Waals surface area contributed by atoms with Crippen LogP contribution in [0.25, 0.3) is 10.9 Å². The van der Waals surface area contributed by atoms with Crippen molar-refractivity contribution in [2.24, 2.45) is 0 Å². The van der Waals surface area contributed by atoms with E-state index < -0.39 is 13.8 Å². The Hall–Kier alpha value is -1.10. The lowest BCUT2D eigenvalue weighted by Crippen LogP contribution is -2.51. The van der Waals surface area contributed by atoms with Crippen LogP contribution in [0, 0.1) is 0 Å². The fraction of sp³-hybridized carbons (Fsp3) is 0.636. The third-order valence-electron chi connectivity index (χ3n) is 6.79. The van der Waals surface area contributed by atoms with Crippen LogP contribution >= 0.6 is 0 Å². The Balaban J connectivity index is 2.12. The largest absolute Gasteiger partial charge is 0.385 e. The fourth-order valence-corrected chi connectivity index (χ4v) is 12.3. The van der Waals surface area contributed by atoms with Crippen molar-refractivity contribution in [3.63, 3.8) is 0 Å². The van der Waals surface area contributed by atoms with E-state index >= 15 is 0 Å². The monoisotopic (exact) mass is 371 g/mol. The van der Waals surface area contributed by atoms with Crippen molar-refractivity contribution in [1.82, 2.24) is 9.55 Å². The lowest BCUT2D eigenvalue weighted by Gasteiger charge is -2.44. The van der Waals surface area contributed by atoms with Crippen molar-refractivity contribution in [3.8, 4) is 0 Å². The highest BCUT2D eigenvalue weighted by molar-refractivity contribution is 6.82. The maximum Gasteiger partial charge on any atom is 0.169 e. The number of hydrogen-bond donors (Lipinski definition) is 1. The molecule has 0 atom stereocenters. The van der Waals surface area contributed by atoms with Crippen molar-refractivity contribution >= 4 is 19.1 Å². The van der Waals surface area contributed by atoms with Crippen LogP contribution in [0.4, 0.5) is 0 Å². The van der Waals surface area contributed by atoms with E-state index in [1.807, 2.05) is 0 Å². The molecule has 0 saturated carbocycles. The highest BCUT2D eigenvalue weighted by atomic mass is 28.3. The molecule has 4 heteroatoms. The average molecular weight is 372 g/mol. The summed E-state index contributed by atoms with van der Waals surface area (Å²) in [6, 6.07) is 8.88. The molecule has 1 aromatic carbocycles. The first-order chi connectivity index (χ1) is 12.2. The summed E-state index contributed by atoms with van der Waals surface area (Å²) in [6.45, 7) is 15.9. The van der Waals surface area contributed by atoms with Gasteiger partial charge in [0.05, 0.1) is 5.60 Å². The van der Waals surface area contributed by atoms with Gasteiger partial charge in [-0.1, -0.05) is 47.6 Å². The van der Waals surface area contributed by atoms with Crippen LogP contribution in [0.3, 0.4) is 0 Å². The molecule has 26 heavy (non-hydrogen) atoms. The molecular weight excluding hydrogens is 336 g/mol. The van der Waals surface area contributed by atoms with E-state index in [0.717, 1.165) is 31.5 Å². The van der Waals surface area contributed by atoms with E-state index in [0.29, 0.717) is 16.6 Å². The maximum absolute atomic E-state index is 11.1. The lowest BCUT2D eigenvalue weighted by molar-refractivity contribution is 0.00526. The summed E-state index contributed by atoms with van der Waals surface area (Å²) in [7, 11) is -1.75. The van der Waals surface area contributed by atoms with Gasteiger partial charge >= 0.3 is 0 Å². The summed E-state index contributed by atoms with van der Waals surface area (Å²) in [5.74, 6) is 0. The van der Waals surface area contributed by atoms with Gasteiger partial charge in [0.15, 0.2) is 8.24 Å². The van der Waals surface area contributed by atoms with Crippen molar-refractivity contribution in [2.45, 2.75) is 76.6 Å². The standard InChI is InChI=1S/C22H35N2OSi/c1-16(2)26(17(3)4,18(5)6)24-14-9-19-15-20(7-8-21(19)24)22(25)10-12-23-13-11-22/h7-9,14-18,25H,10-13H2,1-6H3. The van der Waals surface area contributed by atoms with E-state index in [1.54, 1.807) is 0 Å². The van der Waals surface area contributed by atoms with Gasteiger partial charge in [-0.15, -0.1) is 0 Å². The minimum Gasteiger partial charge on any atom is -0.385 e. The van der Waals surface area contributed by atoms with Gasteiger partial charge in [0.25, 0.3) is 0 Å². The Morgan fingerprint density at radius 3 is 2.08 bits per heavy atom. The van der Waals surface area contributed by atoms with Crippen LogP contribution in [0.15, 0.2) is 30.5 Å². The fourth-order valence-electron chi connectivity index (χ4n) is 5.66. The van der Waals surface area contributed by atoms with Gasteiger partial charge in [-0.2, -0.15) is 0 Å². The second kappa shape index (κ2) is 7.14. The molecule has 3 nitrogen and oxygen atoms in total. The number of hydrogen-bond acceptors (Lipinski definition) is 1. The predicted octanol–water partition coefficient (Wildman–Crippen LogP) is 5.25. The molecule has 0 aliphatic carbocycles. The predicted molar refractivity (Wildman–Crippen MR) is 113 cm³/mol. The van der Waals surface area contributed by atoms with Gasteiger partial charge in [0, 0.05) is 18.6 Å². The Labute approximate surface area is 159 Å². The molecule has 1 radical (unpaired) electrons. The Morgan fingerprint density at radius 2 is 1.54 bits per heavy atom. The molecular formula is C22H35N2OSi. The van der Waals surface area contributed by atoms with E-state index in [9.17, 15) is 5.11 Å². The maximum atomic E-state index is 11.1. The van der Waals surface area contributed by atoms with Crippen molar-refractivity contribution < 1.29 is 5.11 Å². The molecule has 0 amide bonds. The van der Waals surface area contributed by atoms with E-state index in [-0.39, 0.29) is 0 Å². The number of aromatic nitrogens is 1. The molecule has 1 saturated heterocycles. The summed E-state index contributed by atoms with van der Waals surface area (Å²) in [4.78, 5) is 0. The number of rotatable bonds is 5. The lowest BCUT2D eigenvalue weighted by atomic mass is 9.85. The molecule has 3 rings (SSSR count). The van der Waals surface area contributed by atoms with Gasteiger partial charge in [-0.05, 0) is 64.8 Å². The summed E-state index contributed by atoms with van der Waals surface area (Å²) >= 11 is 0. The number of nitrogens with zero attached hydrogens (tertiary/aromatic N) is 2. The van der Waals surface area contributed by atoms with Crippen LogP contribution in [-0.4, -0.2) is 30.7 Å². The molecule has 1 aromatic heterocycles. The Kier molecular flexibility index (Phi) is 5.39. The molecule has 0 spiro atoms.